The molecule has 1 atom stereocenters. The fourth-order valence-electron chi connectivity index (χ4n) is 2.64. The van der Waals surface area contributed by atoms with Gasteiger partial charge in [0.1, 0.15) is 0 Å². The van der Waals surface area contributed by atoms with Gasteiger partial charge in [-0.15, -0.1) is 0 Å². The molecular weight excluding hydrogens is 290 g/mol. The number of piperidine rings is 1. The number of rotatable bonds is 5. The van der Waals surface area contributed by atoms with Crippen LogP contribution in [0.5, 0.6) is 0 Å². The second-order valence-electron chi connectivity index (χ2n) is 5.25. The van der Waals surface area contributed by atoms with Crippen molar-refractivity contribution in [1.82, 2.24) is 4.31 Å². The number of aliphatic hydroxyl groups is 1. The molecule has 2 rings (SSSR count). The molecule has 0 amide bonds. The second kappa shape index (κ2) is 6.68. The van der Waals surface area contributed by atoms with Crippen LogP contribution in [0.15, 0.2) is 29.2 Å². The van der Waals surface area contributed by atoms with Gasteiger partial charge in [0.05, 0.1) is 11.5 Å². The minimum atomic E-state index is -3.67. The van der Waals surface area contributed by atoms with Crippen molar-refractivity contribution in [1.29, 1.82) is 0 Å². The number of hydrogen-bond donors (Lipinski definition) is 1. The van der Waals surface area contributed by atoms with Gasteiger partial charge in [-0.2, -0.15) is 4.31 Å². The molecular formula is C15H21NO4S. The first-order valence-electron chi connectivity index (χ1n) is 7.26. The first-order valence-corrected chi connectivity index (χ1v) is 8.70. The standard InChI is InChI=1S/C15H21NO4S/c1-2-15(18)12-6-5-8-14(10-12)21(19,20)16-9-4-3-7-13(16)11-17/h5-6,8,10,13,17H,2-4,7,9,11H2,1H3. The van der Waals surface area contributed by atoms with E-state index in [9.17, 15) is 18.3 Å². The molecule has 1 aromatic rings. The van der Waals surface area contributed by atoms with Crippen LogP contribution in [0.25, 0.3) is 0 Å². The summed E-state index contributed by atoms with van der Waals surface area (Å²) in [7, 11) is -3.67. The van der Waals surface area contributed by atoms with E-state index in [-0.39, 0.29) is 23.3 Å². The van der Waals surface area contributed by atoms with Crippen molar-refractivity contribution in [3.8, 4) is 0 Å². The molecule has 1 saturated heterocycles. The Balaban J connectivity index is 2.36. The van der Waals surface area contributed by atoms with E-state index in [2.05, 4.69) is 0 Å². The Morgan fingerprint density at radius 2 is 2.14 bits per heavy atom. The third-order valence-corrected chi connectivity index (χ3v) is 5.82. The summed E-state index contributed by atoms with van der Waals surface area (Å²) in [5.74, 6) is -0.0793. The number of carbonyl (C=O) groups is 1. The van der Waals surface area contributed by atoms with Crippen LogP contribution in [0.4, 0.5) is 0 Å². The molecule has 116 valence electrons. The lowest BCUT2D eigenvalue weighted by Gasteiger charge is -2.33. The van der Waals surface area contributed by atoms with Crippen LogP contribution in [0.3, 0.4) is 0 Å². The van der Waals surface area contributed by atoms with Crippen LogP contribution >= 0.6 is 0 Å². The van der Waals surface area contributed by atoms with Gasteiger partial charge in [-0.3, -0.25) is 4.79 Å². The van der Waals surface area contributed by atoms with Gasteiger partial charge in [0, 0.05) is 24.6 Å². The highest BCUT2D eigenvalue weighted by Crippen LogP contribution is 2.25. The summed E-state index contributed by atoms with van der Waals surface area (Å²) >= 11 is 0. The molecule has 1 aliphatic rings. The van der Waals surface area contributed by atoms with Crippen molar-refractivity contribution in [3.63, 3.8) is 0 Å². The maximum atomic E-state index is 12.7. The largest absolute Gasteiger partial charge is 0.395 e. The summed E-state index contributed by atoms with van der Waals surface area (Å²) in [6, 6.07) is 5.79. The van der Waals surface area contributed by atoms with E-state index in [1.165, 1.54) is 16.4 Å². The molecule has 1 unspecified atom stereocenters. The fourth-order valence-corrected chi connectivity index (χ4v) is 4.37. The first kappa shape index (κ1) is 16.1. The zero-order valence-corrected chi connectivity index (χ0v) is 13.0. The van der Waals surface area contributed by atoms with Gasteiger partial charge in [0.25, 0.3) is 0 Å². The maximum Gasteiger partial charge on any atom is 0.243 e. The van der Waals surface area contributed by atoms with Crippen LogP contribution in [0.1, 0.15) is 43.0 Å². The van der Waals surface area contributed by atoms with Crippen LogP contribution in [0.2, 0.25) is 0 Å². The fraction of sp³-hybridized carbons (Fsp3) is 0.533. The highest BCUT2D eigenvalue weighted by molar-refractivity contribution is 7.89. The highest BCUT2D eigenvalue weighted by Gasteiger charge is 2.33. The lowest BCUT2D eigenvalue weighted by molar-refractivity contribution is 0.0988. The lowest BCUT2D eigenvalue weighted by Crippen LogP contribution is -2.45. The highest BCUT2D eigenvalue weighted by atomic mass is 32.2. The Hall–Kier alpha value is -1.24. The predicted molar refractivity (Wildman–Crippen MR) is 79.7 cm³/mol. The Labute approximate surface area is 125 Å². The molecule has 1 N–H and O–H groups in total. The molecule has 5 nitrogen and oxygen atoms in total. The zero-order valence-electron chi connectivity index (χ0n) is 12.2. The molecule has 0 spiro atoms. The van der Waals surface area contributed by atoms with Gasteiger partial charge < -0.3 is 5.11 Å². The van der Waals surface area contributed by atoms with Gasteiger partial charge in [0.2, 0.25) is 10.0 Å². The molecule has 1 aliphatic heterocycles. The number of benzene rings is 1. The number of hydrogen-bond acceptors (Lipinski definition) is 4. The Kier molecular flexibility index (Phi) is 5.13. The molecule has 0 aromatic heterocycles. The van der Waals surface area contributed by atoms with Gasteiger partial charge >= 0.3 is 0 Å². The monoisotopic (exact) mass is 311 g/mol. The van der Waals surface area contributed by atoms with Crippen molar-refractivity contribution in [2.45, 2.75) is 43.5 Å². The van der Waals surface area contributed by atoms with Gasteiger partial charge in [-0.05, 0) is 25.0 Å². The second-order valence-corrected chi connectivity index (χ2v) is 7.14. The van der Waals surface area contributed by atoms with Crippen LogP contribution in [-0.2, 0) is 10.0 Å². The van der Waals surface area contributed by atoms with E-state index in [0.717, 1.165) is 12.8 Å². The average Bonchev–Trinajstić information content (AvgIpc) is 2.54. The molecule has 0 aliphatic carbocycles. The van der Waals surface area contributed by atoms with E-state index < -0.39 is 10.0 Å². The van der Waals surface area contributed by atoms with Gasteiger partial charge in [0.15, 0.2) is 5.78 Å². The smallest absolute Gasteiger partial charge is 0.243 e. The summed E-state index contributed by atoms with van der Waals surface area (Å²) in [4.78, 5) is 11.9. The predicted octanol–water partition coefficient (Wildman–Crippen LogP) is 1.81. The SMILES string of the molecule is CCC(=O)c1cccc(S(=O)(=O)N2CCCCC2CO)c1. The maximum absolute atomic E-state index is 12.7. The molecule has 0 bridgehead atoms. The molecule has 1 aromatic carbocycles. The van der Waals surface area contributed by atoms with E-state index in [0.29, 0.717) is 24.9 Å². The topological polar surface area (TPSA) is 74.7 Å². The summed E-state index contributed by atoms with van der Waals surface area (Å²) in [5, 5.41) is 9.39. The Morgan fingerprint density at radius 3 is 2.81 bits per heavy atom. The molecule has 1 heterocycles. The van der Waals surface area contributed by atoms with E-state index in [1.807, 2.05) is 0 Å². The normalized spacial score (nSPS) is 20.4. The average molecular weight is 311 g/mol. The molecule has 0 radical (unpaired) electrons. The van der Waals surface area contributed by atoms with Crippen molar-refractivity contribution >= 4 is 15.8 Å². The molecule has 21 heavy (non-hydrogen) atoms. The molecule has 1 fully saturated rings. The Bertz CT molecular complexity index is 612. The van der Waals surface area contributed by atoms with E-state index in [4.69, 9.17) is 0 Å². The van der Waals surface area contributed by atoms with Crippen LogP contribution in [0, 0.1) is 0 Å². The van der Waals surface area contributed by atoms with E-state index >= 15 is 0 Å². The number of nitrogens with zero attached hydrogens (tertiary/aromatic N) is 1. The minimum absolute atomic E-state index is 0.0793. The first-order chi connectivity index (χ1) is 10.0. The van der Waals surface area contributed by atoms with Crippen molar-refractivity contribution in [2.24, 2.45) is 0 Å². The lowest BCUT2D eigenvalue weighted by atomic mass is 10.1. The van der Waals surface area contributed by atoms with Crippen molar-refractivity contribution in [2.75, 3.05) is 13.2 Å². The summed E-state index contributed by atoms with van der Waals surface area (Å²) < 4.78 is 26.8. The molecule has 6 heteroatoms. The van der Waals surface area contributed by atoms with Crippen LogP contribution < -0.4 is 0 Å². The quantitative estimate of drug-likeness (QED) is 0.842. The minimum Gasteiger partial charge on any atom is -0.395 e. The van der Waals surface area contributed by atoms with Gasteiger partial charge in [-0.1, -0.05) is 25.5 Å². The molecule has 0 saturated carbocycles. The van der Waals surface area contributed by atoms with E-state index in [1.54, 1.807) is 19.1 Å². The summed E-state index contributed by atoms with van der Waals surface area (Å²) in [6.07, 6.45) is 2.73. The number of ketones is 1. The number of aliphatic hydroxyl groups excluding tert-OH is 1. The number of Topliss-reactive ketones (excluding diaryl/α,β-unsaturated/α-hetero) is 1. The third-order valence-electron chi connectivity index (χ3n) is 3.87. The number of carbonyl (C=O) groups excluding carboxylic acids is 1. The summed E-state index contributed by atoms with van der Waals surface area (Å²) in [6.45, 7) is 1.99. The Morgan fingerprint density at radius 1 is 1.38 bits per heavy atom. The third kappa shape index (κ3) is 3.33. The van der Waals surface area contributed by atoms with Gasteiger partial charge in [-0.25, -0.2) is 8.42 Å². The van der Waals surface area contributed by atoms with Crippen LogP contribution in [-0.4, -0.2) is 42.8 Å². The zero-order chi connectivity index (χ0) is 15.5. The van der Waals surface area contributed by atoms with Crippen molar-refractivity contribution < 1.29 is 18.3 Å². The van der Waals surface area contributed by atoms with Crippen molar-refractivity contribution in [3.05, 3.63) is 29.8 Å². The summed E-state index contributed by atoms with van der Waals surface area (Å²) in [5.41, 5.74) is 0.413. The number of sulfonamides is 1.